The molecule has 0 saturated carbocycles. The standard InChI is InChI=1S/C59H47N3/c1-58(2)45-32-18-16-30-43(45)52-47(58)34-20-36-49(52)62(50-37-21-35-48-53(50)44-31-17-19-33-46(44)59(48,3)4)57-42-29-15-14-28-41(42)56(61-55(57)40-26-12-7-13-27-40)51(38-22-8-5-9-23-38)54(60)39-24-10-6-11-25-39/h5-37,60-61H,1-4H3/b56-51-,60-54?. The van der Waals surface area contributed by atoms with Crippen molar-refractivity contribution in [2.75, 3.05) is 4.90 Å². The third kappa shape index (κ3) is 5.62. The lowest BCUT2D eigenvalue weighted by molar-refractivity contribution is 0.660. The Morgan fingerprint density at radius 1 is 0.419 bits per heavy atom. The fourth-order valence-electron chi connectivity index (χ4n) is 10.5. The van der Waals surface area contributed by atoms with E-state index in [0.29, 0.717) is 5.71 Å². The van der Waals surface area contributed by atoms with Crippen LogP contribution in [0.4, 0.5) is 11.4 Å². The van der Waals surface area contributed by atoms with Gasteiger partial charge in [0.05, 0.1) is 34.2 Å². The maximum atomic E-state index is 9.93. The lowest BCUT2D eigenvalue weighted by atomic mass is 9.82. The van der Waals surface area contributed by atoms with E-state index in [0.717, 1.165) is 61.9 Å². The van der Waals surface area contributed by atoms with Gasteiger partial charge in [-0.2, -0.15) is 0 Å². The highest BCUT2D eigenvalue weighted by atomic mass is 15.2. The number of rotatable bonds is 7. The molecule has 2 aliphatic carbocycles. The second kappa shape index (κ2) is 14.3. The summed E-state index contributed by atoms with van der Waals surface area (Å²) < 4.78 is 0. The fourth-order valence-corrected chi connectivity index (χ4v) is 10.5. The van der Waals surface area contributed by atoms with E-state index in [1.54, 1.807) is 0 Å². The molecule has 0 atom stereocenters. The van der Waals surface area contributed by atoms with E-state index in [1.165, 1.54) is 44.5 Å². The molecule has 8 aromatic carbocycles. The number of benzene rings is 8. The van der Waals surface area contributed by atoms with Crippen LogP contribution in [0, 0.1) is 5.41 Å². The molecule has 1 aliphatic heterocycles. The largest absolute Gasteiger partial charge is 0.352 e. The summed E-state index contributed by atoms with van der Waals surface area (Å²) in [6, 6.07) is 71.8. The number of nitrogens with one attached hydrogen (secondary N) is 2. The number of allylic oxidation sites excluding steroid dienone is 1. The van der Waals surface area contributed by atoms with Gasteiger partial charge in [0.15, 0.2) is 0 Å². The van der Waals surface area contributed by atoms with Gasteiger partial charge in [-0.1, -0.05) is 216 Å². The summed E-state index contributed by atoms with van der Waals surface area (Å²) in [6.45, 7) is 9.45. The number of hydrogen-bond donors (Lipinski definition) is 2. The smallest absolute Gasteiger partial charge is 0.0783 e. The molecule has 62 heavy (non-hydrogen) atoms. The molecule has 0 aromatic heterocycles. The SMILES string of the molecule is CC1(C)c2ccccc2-c2c(N(C3=C(c4ccccc4)N/C(=C(\C(=N)c4ccccc4)c4ccccc4)c4ccccc43)c3cccc4c3-c3ccccc3C4(C)C)cccc21. The molecular weight excluding hydrogens is 751 g/mol. The molecule has 8 aromatic rings. The average molecular weight is 798 g/mol. The predicted molar refractivity (Wildman–Crippen MR) is 260 cm³/mol. The molecule has 0 spiro atoms. The van der Waals surface area contributed by atoms with Gasteiger partial charge in [0.25, 0.3) is 0 Å². The van der Waals surface area contributed by atoms with E-state index in [9.17, 15) is 5.41 Å². The summed E-state index contributed by atoms with van der Waals surface area (Å²) in [5.41, 5.74) is 21.5. The van der Waals surface area contributed by atoms with Gasteiger partial charge in [-0.25, -0.2) is 0 Å². The van der Waals surface area contributed by atoms with Crippen LogP contribution < -0.4 is 10.2 Å². The van der Waals surface area contributed by atoms with Gasteiger partial charge in [0.1, 0.15) is 0 Å². The van der Waals surface area contributed by atoms with E-state index in [-0.39, 0.29) is 10.8 Å². The van der Waals surface area contributed by atoms with E-state index in [1.807, 2.05) is 36.4 Å². The van der Waals surface area contributed by atoms with Crippen molar-refractivity contribution in [1.29, 1.82) is 5.41 Å². The topological polar surface area (TPSA) is 39.1 Å². The molecule has 0 radical (unpaired) electrons. The molecule has 1 heterocycles. The van der Waals surface area contributed by atoms with Crippen LogP contribution in [0.1, 0.15) is 77.8 Å². The molecule has 11 rings (SSSR count). The summed E-state index contributed by atoms with van der Waals surface area (Å²) >= 11 is 0. The third-order valence-electron chi connectivity index (χ3n) is 13.5. The Morgan fingerprint density at radius 3 is 1.37 bits per heavy atom. The predicted octanol–water partition coefficient (Wildman–Crippen LogP) is 14.5. The molecule has 0 bridgehead atoms. The molecule has 298 valence electrons. The van der Waals surface area contributed by atoms with Crippen molar-refractivity contribution in [2.24, 2.45) is 0 Å². The maximum Gasteiger partial charge on any atom is 0.0783 e. The number of fused-ring (bicyclic) bond motifs is 7. The second-order valence-corrected chi connectivity index (χ2v) is 17.7. The first-order valence-corrected chi connectivity index (χ1v) is 21.6. The Hall–Kier alpha value is -7.49. The lowest BCUT2D eigenvalue weighted by Crippen LogP contribution is -2.29. The summed E-state index contributed by atoms with van der Waals surface area (Å²) in [5, 5.41) is 14.1. The zero-order chi connectivity index (χ0) is 42.2. The Morgan fingerprint density at radius 2 is 0.839 bits per heavy atom. The first-order chi connectivity index (χ1) is 30.2. The highest BCUT2D eigenvalue weighted by Crippen LogP contribution is 2.59. The van der Waals surface area contributed by atoms with Crippen LogP contribution in [0.2, 0.25) is 0 Å². The Labute approximate surface area is 364 Å². The molecule has 0 fully saturated rings. The van der Waals surface area contributed by atoms with Gasteiger partial charge < -0.3 is 10.2 Å². The van der Waals surface area contributed by atoms with Gasteiger partial charge in [0, 0.05) is 49.8 Å². The van der Waals surface area contributed by atoms with Crippen molar-refractivity contribution in [3.05, 3.63) is 250 Å². The minimum atomic E-state index is -0.196. The average Bonchev–Trinajstić information content (AvgIpc) is 3.70. The Bertz CT molecular complexity index is 3040. The molecule has 0 unspecified atom stereocenters. The van der Waals surface area contributed by atoms with E-state index in [2.05, 4.69) is 202 Å². The highest BCUT2D eigenvalue weighted by molar-refractivity contribution is 6.36. The van der Waals surface area contributed by atoms with Crippen LogP contribution >= 0.6 is 0 Å². The molecule has 3 heteroatoms. The van der Waals surface area contributed by atoms with Crippen LogP contribution in [-0.4, -0.2) is 5.71 Å². The van der Waals surface area contributed by atoms with E-state index >= 15 is 0 Å². The van der Waals surface area contributed by atoms with Crippen molar-refractivity contribution < 1.29 is 0 Å². The van der Waals surface area contributed by atoms with Crippen LogP contribution in [0.3, 0.4) is 0 Å². The van der Waals surface area contributed by atoms with Gasteiger partial charge >= 0.3 is 0 Å². The zero-order valence-corrected chi connectivity index (χ0v) is 35.5. The van der Waals surface area contributed by atoms with Crippen LogP contribution in [0.5, 0.6) is 0 Å². The molecule has 0 saturated heterocycles. The summed E-state index contributed by atoms with van der Waals surface area (Å²) in [5.74, 6) is 0. The Kier molecular flexibility index (Phi) is 8.66. The quantitative estimate of drug-likeness (QED) is 0.158. The van der Waals surface area contributed by atoms with Crippen molar-refractivity contribution in [1.82, 2.24) is 5.32 Å². The number of anilines is 2. The van der Waals surface area contributed by atoms with Crippen LogP contribution in [-0.2, 0) is 10.8 Å². The van der Waals surface area contributed by atoms with Gasteiger partial charge in [0.2, 0.25) is 0 Å². The van der Waals surface area contributed by atoms with Crippen molar-refractivity contribution in [3.8, 4) is 22.3 Å². The Balaban J connectivity index is 1.29. The highest BCUT2D eigenvalue weighted by Gasteiger charge is 2.42. The summed E-state index contributed by atoms with van der Waals surface area (Å²) in [4.78, 5) is 2.57. The zero-order valence-electron chi connectivity index (χ0n) is 35.5. The molecule has 3 nitrogen and oxygen atoms in total. The van der Waals surface area contributed by atoms with Crippen molar-refractivity contribution >= 4 is 39.8 Å². The van der Waals surface area contributed by atoms with Gasteiger partial charge in [-0.05, 0) is 51.1 Å². The first-order valence-electron chi connectivity index (χ1n) is 21.6. The molecule has 2 N–H and O–H groups in total. The molecule has 3 aliphatic rings. The van der Waals surface area contributed by atoms with Gasteiger partial charge in [-0.15, -0.1) is 0 Å². The summed E-state index contributed by atoms with van der Waals surface area (Å²) in [6.07, 6.45) is 0. The minimum absolute atomic E-state index is 0.196. The molecular formula is C59H47N3. The van der Waals surface area contributed by atoms with Crippen molar-refractivity contribution in [2.45, 2.75) is 38.5 Å². The minimum Gasteiger partial charge on any atom is -0.352 e. The van der Waals surface area contributed by atoms with E-state index in [4.69, 9.17) is 0 Å². The van der Waals surface area contributed by atoms with Crippen LogP contribution in [0.15, 0.2) is 200 Å². The normalized spacial score (nSPS) is 15.7. The van der Waals surface area contributed by atoms with Crippen LogP contribution in [0.25, 0.3) is 44.9 Å². The van der Waals surface area contributed by atoms with Gasteiger partial charge in [-0.3, -0.25) is 5.41 Å². The second-order valence-electron chi connectivity index (χ2n) is 17.7. The molecule has 0 amide bonds. The third-order valence-corrected chi connectivity index (χ3v) is 13.5. The van der Waals surface area contributed by atoms with Crippen molar-refractivity contribution in [3.63, 3.8) is 0 Å². The first kappa shape index (κ1) is 37.5. The monoisotopic (exact) mass is 797 g/mol. The summed E-state index contributed by atoms with van der Waals surface area (Å²) in [7, 11) is 0. The maximum absolute atomic E-state index is 9.93. The number of hydrogen-bond acceptors (Lipinski definition) is 3. The van der Waals surface area contributed by atoms with E-state index < -0.39 is 0 Å². The fraction of sp³-hybridized carbons (Fsp3) is 0.102. The lowest BCUT2D eigenvalue weighted by Gasteiger charge is -2.38. The number of nitrogens with zero attached hydrogens (tertiary/aromatic N) is 1.